The van der Waals surface area contributed by atoms with Crippen molar-refractivity contribution in [2.45, 2.75) is 39.2 Å². The van der Waals surface area contributed by atoms with Crippen molar-refractivity contribution in [2.75, 3.05) is 6.54 Å². The van der Waals surface area contributed by atoms with E-state index in [4.69, 9.17) is 0 Å². The van der Waals surface area contributed by atoms with Gasteiger partial charge in [0.2, 0.25) is 0 Å². The van der Waals surface area contributed by atoms with Crippen LogP contribution in [0.15, 0.2) is 42.6 Å². The molecule has 1 aliphatic heterocycles. The third kappa shape index (κ3) is 2.82. The molecule has 25 heavy (non-hydrogen) atoms. The van der Waals surface area contributed by atoms with Crippen LogP contribution in [0.5, 0.6) is 0 Å². The maximum Gasteiger partial charge on any atom is 0.271 e. The first-order chi connectivity index (χ1) is 12.1. The van der Waals surface area contributed by atoms with Gasteiger partial charge >= 0.3 is 0 Å². The molecule has 0 unspecified atom stereocenters. The number of aryl methyl sites for hydroxylation is 2. The minimum atomic E-state index is 0.0648. The Balaban J connectivity index is 1.72. The lowest BCUT2D eigenvalue weighted by Crippen LogP contribution is -2.39. The second-order valence-corrected chi connectivity index (χ2v) is 6.94. The van der Waals surface area contributed by atoms with Crippen LogP contribution in [-0.4, -0.2) is 27.3 Å². The average Bonchev–Trinajstić information content (AvgIpc) is 2.98. The van der Waals surface area contributed by atoms with Crippen LogP contribution in [0.3, 0.4) is 0 Å². The van der Waals surface area contributed by atoms with Crippen molar-refractivity contribution in [3.05, 3.63) is 65.1 Å². The smallest absolute Gasteiger partial charge is 0.271 e. The van der Waals surface area contributed by atoms with Crippen LogP contribution in [0, 0.1) is 13.8 Å². The van der Waals surface area contributed by atoms with Crippen molar-refractivity contribution in [3.63, 3.8) is 0 Å². The Morgan fingerprint density at radius 2 is 2.08 bits per heavy atom. The average molecular weight is 333 g/mol. The normalized spacial score (nSPS) is 17.8. The van der Waals surface area contributed by atoms with Crippen molar-refractivity contribution >= 4 is 16.8 Å². The van der Waals surface area contributed by atoms with Gasteiger partial charge in [0.25, 0.3) is 5.91 Å². The summed E-state index contributed by atoms with van der Waals surface area (Å²) in [7, 11) is 0. The van der Waals surface area contributed by atoms with Gasteiger partial charge in [0.15, 0.2) is 0 Å². The Morgan fingerprint density at radius 1 is 1.20 bits per heavy atom. The number of carbonyl (C=O) groups excluding carboxylic acids is 1. The Hall–Kier alpha value is -2.62. The number of nitrogens with one attached hydrogen (secondary N) is 1. The summed E-state index contributed by atoms with van der Waals surface area (Å²) in [5.74, 6) is 0.0849. The second-order valence-electron chi connectivity index (χ2n) is 6.94. The molecule has 1 saturated heterocycles. The molecule has 1 atom stereocenters. The van der Waals surface area contributed by atoms with Crippen molar-refractivity contribution in [3.8, 4) is 0 Å². The fraction of sp³-hybridized carbons (Fsp3) is 0.333. The molecule has 4 nitrogen and oxygen atoms in total. The van der Waals surface area contributed by atoms with Gasteiger partial charge < -0.3 is 9.88 Å². The largest absolute Gasteiger partial charge is 0.350 e. The predicted octanol–water partition coefficient (Wildman–Crippen LogP) is 4.55. The van der Waals surface area contributed by atoms with Crippen molar-refractivity contribution in [1.29, 1.82) is 0 Å². The van der Waals surface area contributed by atoms with E-state index < -0.39 is 0 Å². The Labute approximate surface area is 147 Å². The highest BCUT2D eigenvalue weighted by Crippen LogP contribution is 2.32. The van der Waals surface area contributed by atoms with Crippen LogP contribution >= 0.6 is 0 Å². The van der Waals surface area contributed by atoms with Crippen LogP contribution in [0.25, 0.3) is 10.9 Å². The number of hydrogen-bond donors (Lipinski definition) is 1. The van der Waals surface area contributed by atoms with E-state index in [1.165, 1.54) is 5.56 Å². The molecule has 0 radical (unpaired) electrons. The SMILES string of the molecule is Cc1ccc2[nH]c(C(=O)N3CCCC[C@@H]3c3ccccn3)c(C)c2c1. The summed E-state index contributed by atoms with van der Waals surface area (Å²) in [6.45, 7) is 4.90. The molecular weight excluding hydrogens is 310 g/mol. The van der Waals surface area contributed by atoms with E-state index >= 15 is 0 Å². The fourth-order valence-corrected chi connectivity index (χ4v) is 3.85. The van der Waals surface area contributed by atoms with Gasteiger partial charge in [0.1, 0.15) is 5.69 Å². The number of piperidine rings is 1. The van der Waals surface area contributed by atoms with E-state index in [0.29, 0.717) is 5.69 Å². The van der Waals surface area contributed by atoms with Crippen LogP contribution in [0.4, 0.5) is 0 Å². The first-order valence-corrected chi connectivity index (χ1v) is 8.96. The van der Waals surface area contributed by atoms with Gasteiger partial charge in [-0.2, -0.15) is 0 Å². The van der Waals surface area contributed by atoms with Crippen LogP contribution in [0.2, 0.25) is 0 Å². The first kappa shape index (κ1) is 15.9. The number of aromatic amines is 1. The molecule has 1 fully saturated rings. The van der Waals surface area contributed by atoms with Gasteiger partial charge in [0.05, 0.1) is 11.7 Å². The zero-order valence-electron chi connectivity index (χ0n) is 14.7. The summed E-state index contributed by atoms with van der Waals surface area (Å²) in [6, 6.07) is 12.3. The van der Waals surface area contributed by atoms with Gasteiger partial charge in [-0.15, -0.1) is 0 Å². The number of H-pyrrole nitrogens is 1. The van der Waals surface area contributed by atoms with E-state index in [1.807, 2.05) is 36.2 Å². The quantitative estimate of drug-likeness (QED) is 0.748. The molecule has 1 N–H and O–H groups in total. The number of aromatic nitrogens is 2. The highest BCUT2D eigenvalue weighted by molar-refractivity contribution is 6.01. The lowest BCUT2D eigenvalue weighted by Gasteiger charge is -2.35. The minimum absolute atomic E-state index is 0.0648. The molecule has 0 spiro atoms. The van der Waals surface area contributed by atoms with E-state index in [1.54, 1.807) is 0 Å². The summed E-state index contributed by atoms with van der Waals surface area (Å²) in [4.78, 5) is 23.2. The van der Waals surface area contributed by atoms with E-state index in [0.717, 1.165) is 48.0 Å². The predicted molar refractivity (Wildman–Crippen MR) is 99.6 cm³/mol. The van der Waals surface area contributed by atoms with E-state index in [-0.39, 0.29) is 11.9 Å². The third-order valence-corrected chi connectivity index (χ3v) is 5.22. The number of likely N-dealkylation sites (tertiary alicyclic amines) is 1. The first-order valence-electron chi connectivity index (χ1n) is 8.96. The van der Waals surface area contributed by atoms with E-state index in [9.17, 15) is 4.79 Å². The lowest BCUT2D eigenvalue weighted by molar-refractivity contribution is 0.0600. The zero-order chi connectivity index (χ0) is 17.4. The Bertz CT molecular complexity index is 914. The van der Waals surface area contributed by atoms with Crippen molar-refractivity contribution in [1.82, 2.24) is 14.9 Å². The molecule has 1 aromatic carbocycles. The Kier molecular flexibility index (Phi) is 4.04. The molecule has 3 heterocycles. The molecule has 4 heteroatoms. The number of carbonyl (C=O) groups is 1. The van der Waals surface area contributed by atoms with Gasteiger partial charge in [-0.3, -0.25) is 9.78 Å². The van der Waals surface area contributed by atoms with Gasteiger partial charge in [-0.1, -0.05) is 17.7 Å². The molecule has 0 bridgehead atoms. The Morgan fingerprint density at radius 3 is 2.88 bits per heavy atom. The number of benzene rings is 1. The van der Waals surface area contributed by atoms with Gasteiger partial charge in [0, 0.05) is 23.6 Å². The highest BCUT2D eigenvalue weighted by atomic mass is 16.2. The minimum Gasteiger partial charge on any atom is -0.350 e. The van der Waals surface area contributed by atoms with Gasteiger partial charge in [-0.05, 0) is 62.9 Å². The standard InChI is InChI=1S/C21H23N3O/c1-14-9-10-17-16(13-14)15(2)20(23-17)21(25)24-12-6-4-8-19(24)18-7-3-5-11-22-18/h3,5,7,9-11,13,19,23H,4,6,8,12H2,1-2H3/t19-/m1/s1. The number of hydrogen-bond acceptors (Lipinski definition) is 2. The van der Waals surface area contributed by atoms with Crippen LogP contribution in [-0.2, 0) is 0 Å². The van der Waals surface area contributed by atoms with Crippen molar-refractivity contribution in [2.24, 2.45) is 0 Å². The van der Waals surface area contributed by atoms with Crippen LogP contribution < -0.4 is 0 Å². The molecule has 1 aliphatic rings. The molecule has 1 amide bonds. The summed E-state index contributed by atoms with van der Waals surface area (Å²) in [6.07, 6.45) is 4.97. The second kappa shape index (κ2) is 6.36. The molecule has 128 valence electrons. The molecule has 3 aromatic rings. The van der Waals surface area contributed by atoms with Gasteiger partial charge in [-0.25, -0.2) is 0 Å². The molecule has 0 aliphatic carbocycles. The zero-order valence-corrected chi connectivity index (χ0v) is 14.7. The number of amides is 1. The molecule has 0 saturated carbocycles. The molecule has 4 rings (SSSR count). The number of pyridine rings is 1. The molecular formula is C21H23N3O. The topological polar surface area (TPSA) is 49.0 Å². The summed E-state index contributed by atoms with van der Waals surface area (Å²) in [5, 5.41) is 1.13. The van der Waals surface area contributed by atoms with Crippen molar-refractivity contribution < 1.29 is 4.79 Å². The lowest BCUT2D eigenvalue weighted by atomic mass is 9.98. The third-order valence-electron chi connectivity index (χ3n) is 5.22. The summed E-state index contributed by atoms with van der Waals surface area (Å²) in [5.41, 5.74) is 4.97. The molecule has 2 aromatic heterocycles. The maximum absolute atomic E-state index is 13.3. The number of rotatable bonds is 2. The monoisotopic (exact) mass is 333 g/mol. The highest BCUT2D eigenvalue weighted by Gasteiger charge is 2.31. The maximum atomic E-state index is 13.3. The fourth-order valence-electron chi connectivity index (χ4n) is 3.85. The summed E-state index contributed by atoms with van der Waals surface area (Å²) >= 11 is 0. The number of nitrogens with zero attached hydrogens (tertiary/aromatic N) is 2. The summed E-state index contributed by atoms with van der Waals surface area (Å²) < 4.78 is 0. The van der Waals surface area contributed by atoms with Crippen LogP contribution in [0.1, 0.15) is 52.6 Å². The van der Waals surface area contributed by atoms with E-state index in [2.05, 4.69) is 35.1 Å². The number of fused-ring (bicyclic) bond motifs is 1.